The number of aromatic nitrogens is 2. The van der Waals surface area contributed by atoms with Gasteiger partial charge < -0.3 is 5.32 Å². The van der Waals surface area contributed by atoms with Gasteiger partial charge in [-0.05, 0) is 5.56 Å². The third-order valence-electron chi connectivity index (χ3n) is 3.13. The molecule has 0 radical (unpaired) electrons. The zero-order chi connectivity index (χ0) is 15.6. The van der Waals surface area contributed by atoms with Crippen molar-refractivity contribution in [2.24, 2.45) is 5.14 Å². The summed E-state index contributed by atoms with van der Waals surface area (Å²) in [7, 11) is -3.50. The van der Waals surface area contributed by atoms with E-state index in [1.54, 1.807) is 0 Å². The average Bonchev–Trinajstić information content (AvgIpc) is 2.92. The molecular weight excluding hydrogens is 320 g/mol. The number of primary sulfonamides is 1. The maximum absolute atomic E-state index is 11.0. The summed E-state index contributed by atoms with van der Waals surface area (Å²) in [6.45, 7) is 0.203. The van der Waals surface area contributed by atoms with Crippen molar-refractivity contribution in [2.75, 3.05) is 17.6 Å². The Labute approximate surface area is 132 Å². The summed E-state index contributed by atoms with van der Waals surface area (Å²) < 4.78 is 22.1. The molecule has 0 aliphatic heterocycles. The van der Waals surface area contributed by atoms with Gasteiger partial charge in [0.15, 0.2) is 0 Å². The van der Waals surface area contributed by atoms with E-state index in [0.717, 1.165) is 21.3 Å². The fourth-order valence-electron chi connectivity index (χ4n) is 2.15. The number of hydrogen-bond donors (Lipinski definition) is 2. The molecule has 0 atom stereocenters. The lowest BCUT2D eigenvalue weighted by Crippen LogP contribution is -2.22. The second-order valence-electron chi connectivity index (χ2n) is 4.71. The fraction of sp³-hybridized carbons (Fsp3) is 0.143. The van der Waals surface area contributed by atoms with Gasteiger partial charge in [0.05, 0.1) is 11.1 Å². The highest BCUT2D eigenvalue weighted by Gasteiger charge is 2.13. The summed E-state index contributed by atoms with van der Waals surface area (Å²) in [6.07, 6.45) is 1.47. The molecule has 6 nitrogen and oxygen atoms in total. The molecule has 3 aromatic rings. The molecule has 0 saturated carbocycles. The van der Waals surface area contributed by atoms with Crippen LogP contribution in [0.4, 0.5) is 5.82 Å². The molecule has 0 spiro atoms. The van der Waals surface area contributed by atoms with E-state index >= 15 is 0 Å². The summed E-state index contributed by atoms with van der Waals surface area (Å²) in [4.78, 5) is 9.36. The summed E-state index contributed by atoms with van der Waals surface area (Å²) >= 11 is 1.53. The molecule has 0 saturated heterocycles. The van der Waals surface area contributed by atoms with E-state index in [1.807, 2.05) is 35.7 Å². The first kappa shape index (κ1) is 14.9. The zero-order valence-corrected chi connectivity index (χ0v) is 13.2. The summed E-state index contributed by atoms with van der Waals surface area (Å²) in [5, 5.41) is 11.0. The third kappa shape index (κ3) is 3.24. The minimum absolute atomic E-state index is 0.150. The Kier molecular flexibility index (Phi) is 4.06. The smallest absolute Gasteiger partial charge is 0.210 e. The highest BCUT2D eigenvalue weighted by molar-refractivity contribution is 7.89. The van der Waals surface area contributed by atoms with Crippen molar-refractivity contribution in [1.82, 2.24) is 9.97 Å². The Hall–Kier alpha value is -2.03. The lowest BCUT2D eigenvalue weighted by molar-refractivity contribution is 0.598. The standard InChI is InChI=1S/C14H14N4O2S2/c15-22(19,20)7-6-16-13-12-11(10-4-2-1-3-5-10)8-21-14(12)18-9-17-13/h1-5,8-9H,6-7H2,(H2,15,19,20)(H,16,17,18). The third-order valence-corrected chi connectivity index (χ3v) is 4.79. The van der Waals surface area contributed by atoms with E-state index in [0.29, 0.717) is 5.82 Å². The maximum atomic E-state index is 11.0. The van der Waals surface area contributed by atoms with Crippen LogP contribution in [0.25, 0.3) is 21.3 Å². The SMILES string of the molecule is NS(=O)(=O)CCNc1ncnc2scc(-c3ccccc3)c12. The number of sulfonamides is 1. The second kappa shape index (κ2) is 5.99. The fourth-order valence-corrected chi connectivity index (χ4v) is 3.45. The van der Waals surface area contributed by atoms with Crippen LogP contribution in [0, 0.1) is 0 Å². The van der Waals surface area contributed by atoms with Crippen molar-refractivity contribution < 1.29 is 8.42 Å². The largest absolute Gasteiger partial charge is 0.368 e. The normalized spacial score (nSPS) is 11.7. The van der Waals surface area contributed by atoms with Crippen molar-refractivity contribution in [1.29, 1.82) is 0 Å². The van der Waals surface area contributed by atoms with Gasteiger partial charge in [0.25, 0.3) is 0 Å². The highest BCUT2D eigenvalue weighted by Crippen LogP contribution is 2.36. The number of nitrogens with one attached hydrogen (secondary N) is 1. The molecule has 0 fully saturated rings. The Bertz CT molecular complexity index is 892. The van der Waals surface area contributed by atoms with Crippen molar-refractivity contribution in [3.8, 4) is 11.1 Å². The Balaban J connectivity index is 1.98. The van der Waals surface area contributed by atoms with Gasteiger partial charge in [-0.25, -0.2) is 23.5 Å². The van der Waals surface area contributed by atoms with Gasteiger partial charge in [0.2, 0.25) is 10.0 Å². The van der Waals surface area contributed by atoms with Gasteiger partial charge in [-0.2, -0.15) is 0 Å². The van der Waals surface area contributed by atoms with Crippen molar-refractivity contribution >= 4 is 37.4 Å². The van der Waals surface area contributed by atoms with Gasteiger partial charge >= 0.3 is 0 Å². The topological polar surface area (TPSA) is 98.0 Å². The number of anilines is 1. The Morgan fingerprint density at radius 3 is 2.68 bits per heavy atom. The van der Waals surface area contributed by atoms with E-state index in [-0.39, 0.29) is 12.3 Å². The van der Waals surface area contributed by atoms with E-state index in [1.165, 1.54) is 17.7 Å². The Morgan fingerprint density at radius 2 is 1.95 bits per heavy atom. The molecular formula is C14H14N4O2S2. The number of nitrogens with zero attached hydrogens (tertiary/aromatic N) is 2. The minimum atomic E-state index is -3.50. The number of thiophene rings is 1. The summed E-state index contributed by atoms with van der Waals surface area (Å²) in [6, 6.07) is 9.93. The first-order valence-electron chi connectivity index (χ1n) is 6.56. The van der Waals surface area contributed by atoms with Crippen molar-refractivity contribution in [2.45, 2.75) is 0 Å². The minimum Gasteiger partial charge on any atom is -0.368 e. The van der Waals surface area contributed by atoms with Crippen LogP contribution in [0.5, 0.6) is 0 Å². The lowest BCUT2D eigenvalue weighted by Gasteiger charge is -2.07. The molecule has 0 aliphatic rings. The number of nitrogens with two attached hydrogens (primary N) is 1. The first-order chi connectivity index (χ1) is 10.5. The van der Waals surface area contributed by atoms with Gasteiger partial charge in [-0.1, -0.05) is 30.3 Å². The molecule has 8 heteroatoms. The van der Waals surface area contributed by atoms with Crippen LogP contribution in [0.15, 0.2) is 42.0 Å². The number of hydrogen-bond acceptors (Lipinski definition) is 6. The van der Waals surface area contributed by atoms with Gasteiger partial charge in [0, 0.05) is 17.5 Å². The van der Waals surface area contributed by atoms with Gasteiger partial charge in [-0.15, -0.1) is 11.3 Å². The average molecular weight is 334 g/mol. The number of fused-ring (bicyclic) bond motifs is 1. The molecule has 114 valence electrons. The van der Waals surface area contributed by atoms with Crippen LogP contribution >= 0.6 is 11.3 Å². The molecule has 0 bridgehead atoms. The molecule has 3 rings (SSSR count). The molecule has 0 amide bonds. The molecule has 22 heavy (non-hydrogen) atoms. The van der Waals surface area contributed by atoms with Crippen LogP contribution in [0.1, 0.15) is 0 Å². The monoisotopic (exact) mass is 334 g/mol. The van der Waals surface area contributed by atoms with E-state index in [4.69, 9.17) is 5.14 Å². The highest BCUT2D eigenvalue weighted by atomic mass is 32.2. The predicted octanol–water partition coefficient (Wildman–Crippen LogP) is 2.06. The molecule has 0 unspecified atom stereocenters. The van der Waals surface area contributed by atoms with Crippen molar-refractivity contribution in [3.05, 3.63) is 42.0 Å². The molecule has 2 aromatic heterocycles. The molecule has 2 heterocycles. The van der Waals surface area contributed by atoms with Crippen LogP contribution < -0.4 is 10.5 Å². The van der Waals surface area contributed by atoms with Crippen LogP contribution in [0.2, 0.25) is 0 Å². The van der Waals surface area contributed by atoms with E-state index < -0.39 is 10.0 Å². The lowest BCUT2D eigenvalue weighted by atomic mass is 10.1. The van der Waals surface area contributed by atoms with E-state index in [2.05, 4.69) is 15.3 Å². The molecule has 1 aromatic carbocycles. The van der Waals surface area contributed by atoms with Crippen LogP contribution in [-0.2, 0) is 10.0 Å². The van der Waals surface area contributed by atoms with Crippen molar-refractivity contribution in [3.63, 3.8) is 0 Å². The first-order valence-corrected chi connectivity index (χ1v) is 9.16. The van der Waals surface area contributed by atoms with Gasteiger partial charge in [0.1, 0.15) is 17.0 Å². The van der Waals surface area contributed by atoms with Gasteiger partial charge in [-0.3, -0.25) is 0 Å². The predicted molar refractivity (Wildman–Crippen MR) is 89.3 cm³/mol. The summed E-state index contributed by atoms with van der Waals surface area (Å²) in [5.74, 6) is 0.470. The van der Waals surface area contributed by atoms with Crippen LogP contribution in [-0.4, -0.2) is 30.7 Å². The molecule has 0 aliphatic carbocycles. The zero-order valence-electron chi connectivity index (χ0n) is 11.6. The Morgan fingerprint density at radius 1 is 1.18 bits per heavy atom. The number of benzene rings is 1. The molecule has 3 N–H and O–H groups in total. The number of rotatable bonds is 5. The van der Waals surface area contributed by atoms with Crippen LogP contribution in [0.3, 0.4) is 0 Å². The second-order valence-corrected chi connectivity index (χ2v) is 7.30. The summed E-state index contributed by atoms with van der Waals surface area (Å²) in [5.41, 5.74) is 2.09. The maximum Gasteiger partial charge on any atom is 0.210 e. The van der Waals surface area contributed by atoms with E-state index in [9.17, 15) is 8.42 Å². The quantitative estimate of drug-likeness (QED) is 0.744.